The Labute approximate surface area is 194 Å². The first-order chi connectivity index (χ1) is 16.2. The number of halogens is 4. The molecule has 6 nitrogen and oxygen atoms in total. The fraction of sp³-hybridized carbons (Fsp3) is 0.333. The van der Waals surface area contributed by atoms with Gasteiger partial charge in [-0.25, -0.2) is 9.07 Å². The third-order valence-electron chi connectivity index (χ3n) is 5.95. The van der Waals surface area contributed by atoms with Gasteiger partial charge in [-0.05, 0) is 49.4 Å². The summed E-state index contributed by atoms with van der Waals surface area (Å²) < 4.78 is 53.5. The number of carbonyl (C=O) groups is 1. The molecule has 2 heterocycles. The molecular weight excluding hydrogens is 450 g/mol. The van der Waals surface area contributed by atoms with Crippen LogP contribution in [0.4, 0.5) is 23.2 Å². The molecule has 0 radical (unpaired) electrons. The second-order valence-corrected chi connectivity index (χ2v) is 8.16. The van der Waals surface area contributed by atoms with Crippen molar-refractivity contribution < 1.29 is 22.4 Å². The van der Waals surface area contributed by atoms with Crippen LogP contribution in [-0.2, 0) is 6.18 Å². The van der Waals surface area contributed by atoms with Crippen LogP contribution >= 0.6 is 0 Å². The molecule has 1 saturated heterocycles. The van der Waals surface area contributed by atoms with Gasteiger partial charge in [-0.1, -0.05) is 6.07 Å². The van der Waals surface area contributed by atoms with E-state index < -0.39 is 11.7 Å². The Balaban J connectivity index is 1.29. The van der Waals surface area contributed by atoms with Gasteiger partial charge in [-0.15, -0.1) is 0 Å². The van der Waals surface area contributed by atoms with Gasteiger partial charge in [-0.3, -0.25) is 9.69 Å². The summed E-state index contributed by atoms with van der Waals surface area (Å²) in [4.78, 5) is 17.1. The predicted molar refractivity (Wildman–Crippen MR) is 121 cm³/mol. The van der Waals surface area contributed by atoms with Gasteiger partial charge in [0.2, 0.25) is 0 Å². The van der Waals surface area contributed by atoms with Crippen molar-refractivity contribution in [3.63, 3.8) is 0 Å². The number of hydrogen-bond donors (Lipinski definition) is 1. The van der Waals surface area contributed by atoms with Crippen LogP contribution in [0.25, 0.3) is 5.69 Å². The Kier molecular flexibility index (Phi) is 6.87. The summed E-state index contributed by atoms with van der Waals surface area (Å²) in [6.45, 7) is 6.01. The maximum absolute atomic E-state index is 13.1. The molecule has 34 heavy (non-hydrogen) atoms. The van der Waals surface area contributed by atoms with Crippen LogP contribution in [0.15, 0.2) is 54.7 Å². The molecule has 10 heteroatoms. The van der Waals surface area contributed by atoms with E-state index in [9.17, 15) is 22.4 Å². The van der Waals surface area contributed by atoms with Crippen LogP contribution in [0.1, 0.15) is 21.6 Å². The van der Waals surface area contributed by atoms with E-state index in [0.29, 0.717) is 24.3 Å². The van der Waals surface area contributed by atoms with E-state index in [2.05, 4.69) is 20.2 Å². The second-order valence-electron chi connectivity index (χ2n) is 8.16. The van der Waals surface area contributed by atoms with Crippen LogP contribution in [0.3, 0.4) is 0 Å². The molecule has 1 N–H and O–H groups in total. The molecule has 1 aromatic heterocycles. The van der Waals surface area contributed by atoms with Gasteiger partial charge in [0, 0.05) is 45.0 Å². The Morgan fingerprint density at radius 2 is 1.74 bits per heavy atom. The largest absolute Gasteiger partial charge is 0.416 e. The van der Waals surface area contributed by atoms with Gasteiger partial charge >= 0.3 is 6.18 Å². The van der Waals surface area contributed by atoms with Gasteiger partial charge in [0.1, 0.15) is 5.82 Å². The highest BCUT2D eigenvalue weighted by molar-refractivity contribution is 5.95. The molecule has 1 aliphatic heterocycles. The van der Waals surface area contributed by atoms with Gasteiger partial charge in [0.25, 0.3) is 5.91 Å². The van der Waals surface area contributed by atoms with E-state index in [0.717, 1.165) is 44.0 Å². The van der Waals surface area contributed by atoms with Crippen LogP contribution in [0.2, 0.25) is 0 Å². The third kappa shape index (κ3) is 5.39. The van der Waals surface area contributed by atoms with E-state index in [1.807, 2.05) is 0 Å². The molecule has 4 rings (SSSR count). The number of anilines is 1. The molecule has 0 saturated carbocycles. The predicted octanol–water partition coefficient (Wildman–Crippen LogP) is 3.89. The maximum Gasteiger partial charge on any atom is 0.416 e. The smallest absolute Gasteiger partial charge is 0.369 e. The number of nitrogens with one attached hydrogen (secondary N) is 1. The van der Waals surface area contributed by atoms with Gasteiger partial charge in [0.05, 0.1) is 28.7 Å². The number of benzene rings is 2. The van der Waals surface area contributed by atoms with Crippen LogP contribution < -0.4 is 10.2 Å². The van der Waals surface area contributed by atoms with Crippen molar-refractivity contribution in [1.82, 2.24) is 20.0 Å². The first kappa shape index (κ1) is 23.7. The molecule has 0 atom stereocenters. The average molecular weight is 475 g/mol. The number of hydrogen-bond acceptors (Lipinski definition) is 4. The molecule has 0 bridgehead atoms. The van der Waals surface area contributed by atoms with Gasteiger partial charge in [-0.2, -0.15) is 18.3 Å². The standard InChI is InChI=1S/C24H25F4N5O/c1-17-22(16-30-33(17)21-4-2-3-18(15-21)24(26,27)28)23(34)29-9-10-31-11-13-32(14-12-31)20-7-5-19(25)6-8-20/h2-8,15-16H,9-14H2,1H3,(H,29,34). The number of rotatable bonds is 6. The number of carbonyl (C=O) groups excluding carboxylic acids is 1. The van der Waals surface area contributed by atoms with E-state index >= 15 is 0 Å². The Morgan fingerprint density at radius 1 is 1.03 bits per heavy atom. The quantitative estimate of drug-likeness (QED) is 0.550. The number of nitrogens with zero attached hydrogens (tertiary/aromatic N) is 4. The summed E-state index contributed by atoms with van der Waals surface area (Å²) in [7, 11) is 0. The van der Waals surface area contributed by atoms with Crippen LogP contribution in [0.5, 0.6) is 0 Å². The molecule has 0 aliphatic carbocycles. The summed E-state index contributed by atoms with van der Waals surface area (Å²) in [5, 5.41) is 6.99. The topological polar surface area (TPSA) is 53.4 Å². The zero-order valence-corrected chi connectivity index (χ0v) is 18.6. The van der Waals surface area contributed by atoms with Crippen molar-refractivity contribution in [3.05, 3.63) is 77.4 Å². The number of amides is 1. The minimum absolute atomic E-state index is 0.241. The lowest BCUT2D eigenvalue weighted by Crippen LogP contribution is -2.48. The van der Waals surface area contributed by atoms with E-state index in [1.54, 1.807) is 19.1 Å². The fourth-order valence-corrected chi connectivity index (χ4v) is 4.01. The molecule has 1 aliphatic rings. The Hall–Kier alpha value is -3.40. The molecule has 1 fully saturated rings. The highest BCUT2D eigenvalue weighted by Crippen LogP contribution is 2.30. The monoisotopic (exact) mass is 475 g/mol. The second kappa shape index (κ2) is 9.84. The number of piperazine rings is 1. The maximum atomic E-state index is 13.1. The van der Waals surface area contributed by atoms with Crippen molar-refractivity contribution >= 4 is 11.6 Å². The first-order valence-corrected chi connectivity index (χ1v) is 11.0. The van der Waals surface area contributed by atoms with Crippen molar-refractivity contribution in [2.45, 2.75) is 13.1 Å². The summed E-state index contributed by atoms with van der Waals surface area (Å²) in [5.41, 5.74) is 1.24. The average Bonchev–Trinajstić information content (AvgIpc) is 3.21. The summed E-state index contributed by atoms with van der Waals surface area (Å²) in [6.07, 6.45) is -3.09. The normalized spacial score (nSPS) is 14.9. The first-order valence-electron chi connectivity index (χ1n) is 11.0. The molecule has 0 unspecified atom stereocenters. The van der Waals surface area contributed by atoms with Crippen molar-refractivity contribution in [2.24, 2.45) is 0 Å². The van der Waals surface area contributed by atoms with Gasteiger partial charge < -0.3 is 10.2 Å². The molecule has 0 spiro atoms. The number of aromatic nitrogens is 2. The Bertz CT molecular complexity index is 1140. The van der Waals surface area contributed by atoms with Crippen LogP contribution in [-0.4, -0.2) is 59.9 Å². The lowest BCUT2D eigenvalue weighted by atomic mass is 10.2. The van der Waals surface area contributed by atoms with E-state index in [4.69, 9.17) is 0 Å². The molecule has 1 amide bonds. The summed E-state index contributed by atoms with van der Waals surface area (Å²) in [5.74, 6) is -0.575. The van der Waals surface area contributed by atoms with Crippen molar-refractivity contribution in [1.29, 1.82) is 0 Å². The fourth-order valence-electron chi connectivity index (χ4n) is 4.01. The zero-order valence-electron chi connectivity index (χ0n) is 18.6. The highest BCUT2D eigenvalue weighted by Gasteiger charge is 2.30. The van der Waals surface area contributed by atoms with Crippen LogP contribution in [0, 0.1) is 12.7 Å². The summed E-state index contributed by atoms with van der Waals surface area (Å²) in [6, 6.07) is 11.3. The zero-order chi connectivity index (χ0) is 24.3. The number of alkyl halides is 3. The minimum atomic E-state index is -4.46. The molecule has 2 aromatic carbocycles. The SMILES string of the molecule is Cc1c(C(=O)NCCN2CCN(c3ccc(F)cc3)CC2)cnn1-c1cccc(C(F)(F)F)c1. The molecule has 3 aromatic rings. The molecule has 180 valence electrons. The van der Waals surface area contributed by atoms with E-state index in [1.165, 1.54) is 35.1 Å². The lowest BCUT2D eigenvalue weighted by Gasteiger charge is -2.36. The lowest BCUT2D eigenvalue weighted by molar-refractivity contribution is -0.137. The van der Waals surface area contributed by atoms with Crippen molar-refractivity contribution in [2.75, 3.05) is 44.2 Å². The van der Waals surface area contributed by atoms with Gasteiger partial charge in [0.15, 0.2) is 0 Å². The Morgan fingerprint density at radius 3 is 2.41 bits per heavy atom. The van der Waals surface area contributed by atoms with E-state index in [-0.39, 0.29) is 17.4 Å². The highest BCUT2D eigenvalue weighted by atomic mass is 19.4. The van der Waals surface area contributed by atoms with Crippen molar-refractivity contribution in [3.8, 4) is 5.69 Å². The summed E-state index contributed by atoms with van der Waals surface area (Å²) >= 11 is 0. The minimum Gasteiger partial charge on any atom is -0.369 e. The molecular formula is C24H25F4N5O. The third-order valence-corrected chi connectivity index (χ3v) is 5.95.